The maximum absolute atomic E-state index is 11.5. The quantitative estimate of drug-likeness (QED) is 0.589. The number of rotatable bonds is 4. The van der Waals surface area contributed by atoms with Gasteiger partial charge in [0.1, 0.15) is 4.83 Å². The first-order chi connectivity index (χ1) is 7.56. The lowest BCUT2D eigenvalue weighted by Gasteiger charge is -2.15. The zero-order chi connectivity index (χ0) is 12.1. The Balaban J connectivity index is 2.77. The van der Waals surface area contributed by atoms with Crippen LogP contribution < -0.4 is 0 Å². The molecule has 0 saturated heterocycles. The van der Waals surface area contributed by atoms with Crippen molar-refractivity contribution in [3.63, 3.8) is 0 Å². The van der Waals surface area contributed by atoms with Gasteiger partial charge in [0.2, 0.25) is 0 Å². The molecule has 0 aliphatic heterocycles. The van der Waals surface area contributed by atoms with E-state index in [1.54, 1.807) is 13.0 Å². The van der Waals surface area contributed by atoms with Crippen molar-refractivity contribution < 1.29 is 9.53 Å². The summed E-state index contributed by atoms with van der Waals surface area (Å²) in [6.45, 7) is 2.15. The van der Waals surface area contributed by atoms with E-state index in [-0.39, 0.29) is 10.8 Å². The smallest absolute Gasteiger partial charge is 0.321 e. The normalized spacial score (nSPS) is 14.2. The number of halogens is 3. The number of carbonyl (C=O) groups excluding carboxylic acids is 1. The van der Waals surface area contributed by atoms with E-state index < -0.39 is 4.83 Å². The van der Waals surface area contributed by atoms with Crippen LogP contribution in [0.25, 0.3) is 0 Å². The van der Waals surface area contributed by atoms with Crippen molar-refractivity contribution in [1.29, 1.82) is 0 Å². The molecule has 0 unspecified atom stereocenters. The zero-order valence-corrected chi connectivity index (χ0v) is 12.5. The van der Waals surface area contributed by atoms with Gasteiger partial charge in [0, 0.05) is 5.02 Å². The summed E-state index contributed by atoms with van der Waals surface area (Å²) in [5.41, 5.74) is 0.933. The van der Waals surface area contributed by atoms with E-state index in [2.05, 4.69) is 31.9 Å². The summed E-state index contributed by atoms with van der Waals surface area (Å²) in [6.07, 6.45) is 0. The number of carbonyl (C=O) groups is 1. The average molecular weight is 370 g/mol. The second kappa shape index (κ2) is 6.62. The van der Waals surface area contributed by atoms with Gasteiger partial charge in [0.15, 0.2) is 0 Å². The lowest BCUT2D eigenvalue weighted by molar-refractivity contribution is -0.142. The van der Waals surface area contributed by atoms with Gasteiger partial charge in [0.05, 0.1) is 11.4 Å². The van der Waals surface area contributed by atoms with Gasteiger partial charge in [-0.1, -0.05) is 55.6 Å². The van der Waals surface area contributed by atoms with Crippen LogP contribution in [0.4, 0.5) is 0 Å². The number of hydrogen-bond acceptors (Lipinski definition) is 2. The van der Waals surface area contributed by atoms with Gasteiger partial charge >= 0.3 is 5.97 Å². The third-order valence-electron chi connectivity index (χ3n) is 1.94. The van der Waals surface area contributed by atoms with E-state index in [9.17, 15) is 4.79 Å². The Hall–Kier alpha value is -0.0600. The molecule has 1 rings (SSSR count). The van der Waals surface area contributed by atoms with Gasteiger partial charge in [-0.3, -0.25) is 4.79 Å². The largest absolute Gasteiger partial charge is 0.465 e. The van der Waals surface area contributed by atoms with Crippen LogP contribution in [0.1, 0.15) is 17.3 Å². The molecular formula is C11H11Br2ClO2. The second-order valence-electron chi connectivity index (χ2n) is 3.11. The molecular weight excluding hydrogens is 359 g/mol. The Morgan fingerprint density at radius 3 is 2.75 bits per heavy atom. The molecule has 1 aromatic rings. The van der Waals surface area contributed by atoms with Crippen molar-refractivity contribution in [2.75, 3.05) is 6.61 Å². The minimum Gasteiger partial charge on any atom is -0.465 e. The van der Waals surface area contributed by atoms with Crippen LogP contribution in [0.3, 0.4) is 0 Å². The molecule has 0 spiro atoms. The molecule has 0 amide bonds. The zero-order valence-electron chi connectivity index (χ0n) is 8.62. The van der Waals surface area contributed by atoms with Crippen molar-refractivity contribution >= 4 is 49.4 Å². The van der Waals surface area contributed by atoms with Crippen LogP contribution >= 0.6 is 43.5 Å². The van der Waals surface area contributed by atoms with E-state index in [1.807, 2.05) is 18.2 Å². The topological polar surface area (TPSA) is 26.3 Å². The SMILES string of the molecule is CCOC(=O)[C@@H](Br)[C@H](Br)c1cccc(Cl)c1. The second-order valence-corrected chi connectivity index (χ2v) is 5.52. The number of alkyl halides is 2. The highest BCUT2D eigenvalue weighted by Crippen LogP contribution is 2.33. The third-order valence-corrected chi connectivity index (χ3v) is 4.84. The summed E-state index contributed by atoms with van der Waals surface area (Å²) in [6, 6.07) is 7.35. The third kappa shape index (κ3) is 3.75. The van der Waals surface area contributed by atoms with Crippen molar-refractivity contribution in [3.8, 4) is 0 Å². The van der Waals surface area contributed by atoms with Crippen LogP contribution in [-0.4, -0.2) is 17.4 Å². The molecule has 2 nitrogen and oxygen atoms in total. The highest BCUT2D eigenvalue weighted by molar-refractivity contribution is 9.12. The van der Waals surface area contributed by atoms with Crippen LogP contribution in [0, 0.1) is 0 Å². The van der Waals surface area contributed by atoms with E-state index in [0.29, 0.717) is 11.6 Å². The Kier molecular flexibility index (Phi) is 5.79. The summed E-state index contributed by atoms with van der Waals surface area (Å²) in [5.74, 6) is -0.288. The summed E-state index contributed by atoms with van der Waals surface area (Å²) >= 11 is 12.6. The van der Waals surface area contributed by atoms with Gasteiger partial charge in [0.25, 0.3) is 0 Å². The fourth-order valence-corrected chi connectivity index (χ4v) is 2.33. The number of benzene rings is 1. The van der Waals surface area contributed by atoms with Crippen LogP contribution in [-0.2, 0) is 9.53 Å². The van der Waals surface area contributed by atoms with E-state index in [0.717, 1.165) is 5.56 Å². The average Bonchev–Trinajstić information content (AvgIpc) is 2.27. The first-order valence-electron chi connectivity index (χ1n) is 4.76. The van der Waals surface area contributed by atoms with Gasteiger partial charge in [-0.25, -0.2) is 0 Å². The Morgan fingerprint density at radius 1 is 1.50 bits per heavy atom. The summed E-state index contributed by atoms with van der Waals surface area (Å²) in [7, 11) is 0. The van der Waals surface area contributed by atoms with Crippen LogP contribution in [0.5, 0.6) is 0 Å². The van der Waals surface area contributed by atoms with Crippen LogP contribution in [0.2, 0.25) is 5.02 Å². The monoisotopic (exact) mass is 368 g/mol. The summed E-state index contributed by atoms with van der Waals surface area (Å²) in [4.78, 5) is 10.9. The van der Waals surface area contributed by atoms with E-state index in [4.69, 9.17) is 16.3 Å². The molecule has 1 aromatic carbocycles. The van der Waals surface area contributed by atoms with Crippen molar-refractivity contribution in [3.05, 3.63) is 34.9 Å². The number of esters is 1. The molecule has 88 valence electrons. The predicted octanol–water partition coefficient (Wildman–Crippen LogP) is 4.10. The van der Waals surface area contributed by atoms with Crippen molar-refractivity contribution in [2.45, 2.75) is 16.6 Å². The van der Waals surface area contributed by atoms with Gasteiger partial charge < -0.3 is 4.74 Å². The molecule has 0 radical (unpaired) electrons. The number of hydrogen-bond donors (Lipinski definition) is 0. The maximum atomic E-state index is 11.5. The highest BCUT2D eigenvalue weighted by atomic mass is 79.9. The molecule has 5 heteroatoms. The minimum absolute atomic E-state index is 0.162. The van der Waals surface area contributed by atoms with Crippen molar-refractivity contribution in [1.82, 2.24) is 0 Å². The molecule has 0 aliphatic rings. The van der Waals surface area contributed by atoms with Crippen molar-refractivity contribution in [2.24, 2.45) is 0 Å². The molecule has 0 heterocycles. The molecule has 0 saturated carbocycles. The molecule has 0 fully saturated rings. The fraction of sp³-hybridized carbons (Fsp3) is 0.364. The summed E-state index contributed by atoms with van der Waals surface area (Å²) in [5, 5.41) is 0.644. The lowest BCUT2D eigenvalue weighted by atomic mass is 10.1. The lowest BCUT2D eigenvalue weighted by Crippen LogP contribution is -2.21. The summed E-state index contributed by atoms with van der Waals surface area (Å²) < 4.78 is 4.93. The first kappa shape index (κ1) is 14.0. The standard InChI is InChI=1S/C11H11Br2ClO2/c1-2-16-11(15)10(13)9(12)7-4-3-5-8(14)6-7/h3-6,9-10H,2H2,1H3/t9-,10+/m1/s1. The van der Waals surface area contributed by atoms with Gasteiger partial charge in [-0.2, -0.15) is 0 Å². The predicted molar refractivity (Wildman–Crippen MR) is 72.5 cm³/mol. The Labute approximate surface area is 117 Å². The number of ether oxygens (including phenoxy) is 1. The minimum atomic E-state index is -0.425. The van der Waals surface area contributed by atoms with Crippen LogP contribution in [0.15, 0.2) is 24.3 Å². The van der Waals surface area contributed by atoms with E-state index in [1.165, 1.54) is 0 Å². The Morgan fingerprint density at radius 2 is 2.19 bits per heavy atom. The molecule has 0 aromatic heterocycles. The van der Waals surface area contributed by atoms with Gasteiger partial charge in [-0.15, -0.1) is 0 Å². The molecule has 0 aliphatic carbocycles. The molecule has 2 atom stereocenters. The molecule has 16 heavy (non-hydrogen) atoms. The first-order valence-corrected chi connectivity index (χ1v) is 6.97. The Bertz CT molecular complexity index is 371. The fourth-order valence-electron chi connectivity index (χ4n) is 1.19. The highest BCUT2D eigenvalue weighted by Gasteiger charge is 2.26. The maximum Gasteiger partial charge on any atom is 0.321 e. The molecule has 0 bridgehead atoms. The molecule has 0 N–H and O–H groups in total. The van der Waals surface area contributed by atoms with E-state index >= 15 is 0 Å². The van der Waals surface area contributed by atoms with Gasteiger partial charge in [-0.05, 0) is 24.6 Å².